The molecule has 1 saturated carbocycles. The number of anilines is 2. The zero-order chi connectivity index (χ0) is 12.3. The Kier molecular flexibility index (Phi) is 3.78. The van der Waals surface area contributed by atoms with Crippen molar-refractivity contribution in [3.63, 3.8) is 0 Å². The normalized spacial score (nSPS) is 16.4. The number of aromatic nitrogens is 2. The van der Waals surface area contributed by atoms with Crippen LogP contribution in [0.4, 0.5) is 11.6 Å². The maximum Gasteiger partial charge on any atom is 0.158 e. The maximum atomic E-state index is 5.79. The van der Waals surface area contributed by atoms with Gasteiger partial charge in [0.15, 0.2) is 5.82 Å². The summed E-state index contributed by atoms with van der Waals surface area (Å²) in [6.07, 6.45) is 5.08. The summed E-state index contributed by atoms with van der Waals surface area (Å²) in [5.41, 5.74) is 5.79. The van der Waals surface area contributed by atoms with Crippen LogP contribution in [0.1, 0.15) is 31.5 Å². The molecule has 0 aliphatic heterocycles. The lowest BCUT2D eigenvalue weighted by Crippen LogP contribution is -2.30. The summed E-state index contributed by atoms with van der Waals surface area (Å²) in [5.74, 6) is 2.05. The standard InChI is InChI=1S/C12H20N4O/c1-16(9-5-3-4-6-9)12-7-10(13)14-11(15-12)8-17-2/h7,9H,3-6,8H2,1-2H3,(H2,13,14,15). The number of methoxy groups -OCH3 is 1. The fraction of sp³-hybridized carbons (Fsp3) is 0.667. The van der Waals surface area contributed by atoms with E-state index in [1.54, 1.807) is 7.11 Å². The molecule has 2 rings (SSSR count). The molecule has 5 heteroatoms. The number of nitrogens with two attached hydrogens (primary N) is 1. The van der Waals surface area contributed by atoms with Gasteiger partial charge >= 0.3 is 0 Å². The second-order valence-electron chi connectivity index (χ2n) is 4.55. The molecule has 0 spiro atoms. The average Bonchev–Trinajstić information content (AvgIpc) is 2.81. The molecule has 0 bridgehead atoms. The molecule has 0 amide bonds. The first kappa shape index (κ1) is 12.1. The molecule has 1 fully saturated rings. The molecule has 1 aromatic rings. The second-order valence-corrected chi connectivity index (χ2v) is 4.55. The molecule has 0 aromatic carbocycles. The van der Waals surface area contributed by atoms with E-state index in [0.29, 0.717) is 24.3 Å². The summed E-state index contributed by atoms with van der Waals surface area (Å²) in [5, 5.41) is 0. The van der Waals surface area contributed by atoms with E-state index in [0.717, 1.165) is 5.82 Å². The SMILES string of the molecule is COCc1nc(N)cc(N(C)C2CCCC2)n1. The van der Waals surface area contributed by atoms with Crippen molar-refractivity contribution < 1.29 is 4.74 Å². The van der Waals surface area contributed by atoms with Gasteiger partial charge in [0, 0.05) is 26.3 Å². The molecule has 0 unspecified atom stereocenters. The van der Waals surface area contributed by atoms with Crippen LogP contribution < -0.4 is 10.6 Å². The van der Waals surface area contributed by atoms with Crippen LogP contribution in [0.3, 0.4) is 0 Å². The van der Waals surface area contributed by atoms with Crippen molar-refractivity contribution in [2.24, 2.45) is 0 Å². The summed E-state index contributed by atoms with van der Waals surface area (Å²) in [6.45, 7) is 0.399. The predicted molar refractivity (Wildman–Crippen MR) is 67.8 cm³/mol. The zero-order valence-electron chi connectivity index (χ0n) is 10.5. The highest BCUT2D eigenvalue weighted by Gasteiger charge is 2.21. The lowest BCUT2D eigenvalue weighted by molar-refractivity contribution is 0.178. The van der Waals surface area contributed by atoms with Gasteiger partial charge in [-0.2, -0.15) is 0 Å². The van der Waals surface area contributed by atoms with Gasteiger partial charge in [-0.3, -0.25) is 0 Å². The monoisotopic (exact) mass is 236 g/mol. The van der Waals surface area contributed by atoms with Crippen molar-refractivity contribution in [3.05, 3.63) is 11.9 Å². The number of ether oxygens (including phenoxy) is 1. The van der Waals surface area contributed by atoms with E-state index in [1.165, 1.54) is 25.7 Å². The van der Waals surface area contributed by atoms with Crippen molar-refractivity contribution in [1.82, 2.24) is 9.97 Å². The van der Waals surface area contributed by atoms with Crippen LogP contribution in [0.15, 0.2) is 6.07 Å². The van der Waals surface area contributed by atoms with Crippen LogP contribution in [0.25, 0.3) is 0 Å². The molecule has 5 nitrogen and oxygen atoms in total. The minimum absolute atomic E-state index is 0.399. The lowest BCUT2D eigenvalue weighted by atomic mass is 10.2. The highest BCUT2D eigenvalue weighted by Crippen LogP contribution is 2.26. The summed E-state index contributed by atoms with van der Waals surface area (Å²) in [7, 11) is 3.71. The van der Waals surface area contributed by atoms with Gasteiger partial charge in [0.05, 0.1) is 0 Å². The van der Waals surface area contributed by atoms with E-state index >= 15 is 0 Å². The highest BCUT2D eigenvalue weighted by atomic mass is 16.5. The lowest BCUT2D eigenvalue weighted by Gasteiger charge is -2.25. The third-order valence-corrected chi connectivity index (χ3v) is 3.29. The van der Waals surface area contributed by atoms with Crippen LogP contribution in [0.2, 0.25) is 0 Å². The smallest absolute Gasteiger partial charge is 0.158 e. The Bertz CT molecular complexity index is 377. The summed E-state index contributed by atoms with van der Waals surface area (Å²) in [4.78, 5) is 10.8. The van der Waals surface area contributed by atoms with Crippen LogP contribution >= 0.6 is 0 Å². The molecular weight excluding hydrogens is 216 g/mol. The molecule has 0 radical (unpaired) electrons. The first-order valence-electron chi connectivity index (χ1n) is 6.06. The second kappa shape index (κ2) is 5.31. The van der Waals surface area contributed by atoms with Gasteiger partial charge in [-0.15, -0.1) is 0 Å². The van der Waals surface area contributed by atoms with Crippen molar-refractivity contribution >= 4 is 11.6 Å². The molecule has 0 atom stereocenters. The van der Waals surface area contributed by atoms with Crippen molar-refractivity contribution in [2.75, 3.05) is 24.8 Å². The Labute approximate surface area is 102 Å². The molecular formula is C12H20N4O. The van der Waals surface area contributed by atoms with Gasteiger partial charge in [-0.1, -0.05) is 12.8 Å². The average molecular weight is 236 g/mol. The Balaban J connectivity index is 2.18. The zero-order valence-corrected chi connectivity index (χ0v) is 10.5. The molecule has 1 aliphatic carbocycles. The molecule has 0 saturated heterocycles. The van der Waals surface area contributed by atoms with Crippen molar-refractivity contribution in [3.8, 4) is 0 Å². The first-order valence-corrected chi connectivity index (χ1v) is 6.06. The fourth-order valence-electron chi connectivity index (χ4n) is 2.36. The Morgan fingerprint density at radius 2 is 2.12 bits per heavy atom. The van der Waals surface area contributed by atoms with Crippen LogP contribution in [-0.4, -0.2) is 30.2 Å². The Hall–Kier alpha value is -1.36. The van der Waals surface area contributed by atoms with Gasteiger partial charge < -0.3 is 15.4 Å². The number of nitrogens with zero attached hydrogens (tertiary/aromatic N) is 3. The van der Waals surface area contributed by atoms with E-state index < -0.39 is 0 Å². The van der Waals surface area contributed by atoms with E-state index in [9.17, 15) is 0 Å². The Morgan fingerprint density at radius 1 is 1.41 bits per heavy atom. The van der Waals surface area contributed by atoms with Crippen molar-refractivity contribution in [1.29, 1.82) is 0 Å². The van der Waals surface area contributed by atoms with Gasteiger partial charge in [-0.05, 0) is 12.8 Å². The summed E-state index contributed by atoms with van der Waals surface area (Å²) < 4.78 is 5.04. The van der Waals surface area contributed by atoms with E-state index in [1.807, 2.05) is 6.07 Å². The molecule has 94 valence electrons. The third kappa shape index (κ3) is 2.85. The molecule has 2 N–H and O–H groups in total. The number of nitrogen functional groups attached to an aromatic ring is 1. The topological polar surface area (TPSA) is 64.3 Å². The number of hydrogen-bond acceptors (Lipinski definition) is 5. The molecule has 1 heterocycles. The van der Waals surface area contributed by atoms with Gasteiger partial charge in [-0.25, -0.2) is 9.97 Å². The van der Waals surface area contributed by atoms with Crippen molar-refractivity contribution in [2.45, 2.75) is 38.3 Å². The highest BCUT2D eigenvalue weighted by molar-refractivity contribution is 5.47. The maximum absolute atomic E-state index is 5.79. The molecule has 1 aromatic heterocycles. The van der Waals surface area contributed by atoms with Gasteiger partial charge in [0.25, 0.3) is 0 Å². The Morgan fingerprint density at radius 3 is 2.76 bits per heavy atom. The number of hydrogen-bond donors (Lipinski definition) is 1. The van der Waals surface area contributed by atoms with E-state index in [-0.39, 0.29) is 0 Å². The fourth-order valence-corrected chi connectivity index (χ4v) is 2.36. The summed E-state index contributed by atoms with van der Waals surface area (Å²) in [6, 6.07) is 2.41. The van der Waals surface area contributed by atoms with E-state index in [2.05, 4.69) is 21.9 Å². The van der Waals surface area contributed by atoms with Gasteiger partial charge in [0.1, 0.15) is 18.2 Å². The predicted octanol–water partition coefficient (Wildman–Crippen LogP) is 1.58. The molecule has 17 heavy (non-hydrogen) atoms. The minimum Gasteiger partial charge on any atom is -0.384 e. The minimum atomic E-state index is 0.399. The van der Waals surface area contributed by atoms with Gasteiger partial charge in [0.2, 0.25) is 0 Å². The van der Waals surface area contributed by atoms with Crippen LogP contribution in [0.5, 0.6) is 0 Å². The van der Waals surface area contributed by atoms with Crippen LogP contribution in [0, 0.1) is 0 Å². The third-order valence-electron chi connectivity index (χ3n) is 3.29. The summed E-state index contributed by atoms with van der Waals surface area (Å²) >= 11 is 0. The molecule has 1 aliphatic rings. The largest absolute Gasteiger partial charge is 0.384 e. The van der Waals surface area contributed by atoms with E-state index in [4.69, 9.17) is 10.5 Å². The first-order chi connectivity index (χ1) is 8.20. The van der Waals surface area contributed by atoms with Crippen LogP contribution in [-0.2, 0) is 11.3 Å². The quantitative estimate of drug-likeness (QED) is 0.860. The number of rotatable bonds is 4.